The van der Waals surface area contributed by atoms with Gasteiger partial charge in [-0.1, -0.05) is 50.6 Å². The molecular weight excluding hydrogens is 582 g/mol. The van der Waals surface area contributed by atoms with Gasteiger partial charge in [-0.05, 0) is 41.3 Å². The lowest BCUT2D eigenvalue weighted by atomic mass is 9.87. The highest BCUT2D eigenvalue weighted by molar-refractivity contribution is 6.34. The fraction of sp³-hybridized carbons (Fsp3) is 0.375. The number of anilines is 4. The van der Waals surface area contributed by atoms with Crippen LogP contribution in [0.25, 0.3) is 0 Å². The van der Waals surface area contributed by atoms with Crippen LogP contribution in [0.1, 0.15) is 42.3 Å². The number of halogens is 1. The molecule has 2 aromatic carbocycles. The van der Waals surface area contributed by atoms with Crippen LogP contribution in [0.5, 0.6) is 0 Å². The minimum atomic E-state index is -0.331. The quantitative estimate of drug-likeness (QED) is 0.161. The standard InChI is InChI=1S/C32H38ClN7O4/c1-6-12-43-19-35-25-17-44-18-26(25)37-30-34-15-21-16-40(31(42)39(5)28(21)38-30)27-13-20(10-11-24(27)33)29(41)36-23-9-7-8-22(14-23)32(2,3)4/h6-11,13-15,25-26,35H,1,12,16-19H2,2-5H3,(H,36,41)(H,34,37,38). The number of urea groups is 1. The van der Waals surface area contributed by atoms with E-state index in [2.05, 4.69) is 53.3 Å². The normalized spacial score (nSPS) is 18.2. The average Bonchev–Trinajstić information content (AvgIpc) is 3.44. The molecule has 2 atom stereocenters. The van der Waals surface area contributed by atoms with Gasteiger partial charge in [0.15, 0.2) is 0 Å². The minimum absolute atomic E-state index is 0.00310. The molecule has 3 N–H and O–H groups in total. The summed E-state index contributed by atoms with van der Waals surface area (Å²) in [6.45, 7) is 12.0. The van der Waals surface area contributed by atoms with Crippen molar-refractivity contribution in [3.63, 3.8) is 0 Å². The Kier molecular flexibility index (Phi) is 9.50. The van der Waals surface area contributed by atoms with Crippen LogP contribution in [0, 0.1) is 0 Å². The van der Waals surface area contributed by atoms with Crippen LogP contribution >= 0.6 is 11.6 Å². The number of carbonyl (C=O) groups is 2. The predicted octanol–water partition coefficient (Wildman–Crippen LogP) is 5.19. The molecule has 1 saturated heterocycles. The van der Waals surface area contributed by atoms with Gasteiger partial charge < -0.3 is 20.1 Å². The third-order valence-corrected chi connectivity index (χ3v) is 7.89. The number of carbonyl (C=O) groups excluding carboxylic acids is 2. The van der Waals surface area contributed by atoms with Crippen molar-refractivity contribution in [2.75, 3.05) is 54.0 Å². The Hall–Kier alpha value is -4.03. The Bertz CT molecular complexity index is 1540. The molecule has 232 valence electrons. The summed E-state index contributed by atoms with van der Waals surface area (Å²) in [4.78, 5) is 39.0. The van der Waals surface area contributed by atoms with Crippen molar-refractivity contribution in [2.24, 2.45) is 0 Å². The number of fused-ring (bicyclic) bond motifs is 1. The predicted molar refractivity (Wildman–Crippen MR) is 173 cm³/mol. The molecule has 5 rings (SSSR count). The fourth-order valence-corrected chi connectivity index (χ4v) is 5.29. The molecule has 3 heterocycles. The number of benzene rings is 2. The summed E-state index contributed by atoms with van der Waals surface area (Å²) in [6.07, 6.45) is 3.39. The van der Waals surface area contributed by atoms with E-state index in [0.717, 1.165) is 11.1 Å². The third-order valence-electron chi connectivity index (χ3n) is 7.57. The highest BCUT2D eigenvalue weighted by Gasteiger charge is 2.33. The molecule has 3 amide bonds. The molecule has 11 nitrogen and oxygen atoms in total. The molecule has 0 bridgehead atoms. The van der Waals surface area contributed by atoms with Crippen LogP contribution in [0.2, 0.25) is 5.02 Å². The van der Waals surface area contributed by atoms with Gasteiger partial charge in [0.2, 0.25) is 5.95 Å². The number of hydrogen-bond acceptors (Lipinski definition) is 8. The first-order valence-electron chi connectivity index (χ1n) is 14.4. The minimum Gasteiger partial charge on any atom is -0.378 e. The van der Waals surface area contributed by atoms with Gasteiger partial charge in [-0.2, -0.15) is 4.98 Å². The van der Waals surface area contributed by atoms with Crippen molar-refractivity contribution in [3.8, 4) is 0 Å². The average molecular weight is 620 g/mol. The van der Waals surface area contributed by atoms with E-state index in [4.69, 9.17) is 21.1 Å². The molecule has 0 spiro atoms. The number of aromatic nitrogens is 2. The lowest BCUT2D eigenvalue weighted by Crippen LogP contribution is -2.46. The van der Waals surface area contributed by atoms with Gasteiger partial charge in [0.25, 0.3) is 5.91 Å². The maximum Gasteiger partial charge on any atom is 0.330 e. The van der Waals surface area contributed by atoms with Gasteiger partial charge >= 0.3 is 6.03 Å². The lowest BCUT2D eigenvalue weighted by molar-refractivity contribution is 0.102. The number of amides is 3. The van der Waals surface area contributed by atoms with Crippen molar-refractivity contribution in [1.82, 2.24) is 15.3 Å². The zero-order chi connectivity index (χ0) is 31.4. The number of nitrogens with zero attached hydrogens (tertiary/aromatic N) is 4. The third kappa shape index (κ3) is 7.02. The first-order valence-corrected chi connectivity index (χ1v) is 14.8. The Morgan fingerprint density at radius 1 is 1.20 bits per heavy atom. The molecule has 2 unspecified atom stereocenters. The van der Waals surface area contributed by atoms with Gasteiger partial charge in [0.05, 0.1) is 55.9 Å². The van der Waals surface area contributed by atoms with E-state index < -0.39 is 0 Å². The number of ether oxygens (including phenoxy) is 2. The SMILES string of the molecule is C=CCOCNC1COCC1Nc1ncc2c(n1)N(C)C(=O)N(c1cc(C(=O)Nc3cccc(C(C)(C)C)c3)ccc1Cl)C2. The fourth-order valence-electron chi connectivity index (χ4n) is 5.07. The van der Waals surface area contributed by atoms with E-state index in [1.165, 1.54) is 9.80 Å². The molecule has 2 aliphatic heterocycles. The van der Waals surface area contributed by atoms with E-state index >= 15 is 0 Å². The van der Waals surface area contributed by atoms with E-state index in [0.29, 0.717) is 60.3 Å². The Labute approximate surface area is 262 Å². The summed E-state index contributed by atoms with van der Waals surface area (Å²) in [6, 6.07) is 12.3. The van der Waals surface area contributed by atoms with E-state index in [1.54, 1.807) is 37.5 Å². The van der Waals surface area contributed by atoms with Gasteiger partial charge in [0, 0.05) is 30.1 Å². The molecule has 44 heavy (non-hydrogen) atoms. The van der Waals surface area contributed by atoms with Crippen LogP contribution in [-0.4, -0.2) is 67.6 Å². The smallest absolute Gasteiger partial charge is 0.330 e. The van der Waals surface area contributed by atoms with Gasteiger partial charge in [-0.25, -0.2) is 9.78 Å². The van der Waals surface area contributed by atoms with Gasteiger partial charge in [-0.15, -0.1) is 6.58 Å². The molecule has 0 radical (unpaired) electrons. The van der Waals surface area contributed by atoms with Crippen LogP contribution in [0.15, 0.2) is 61.3 Å². The summed E-state index contributed by atoms with van der Waals surface area (Å²) in [5, 5.41) is 9.93. The van der Waals surface area contributed by atoms with Crippen molar-refractivity contribution in [2.45, 2.75) is 44.8 Å². The zero-order valence-electron chi connectivity index (χ0n) is 25.4. The van der Waals surface area contributed by atoms with Crippen molar-refractivity contribution < 1.29 is 19.1 Å². The molecular formula is C32H38ClN7O4. The first kappa shape index (κ1) is 31.4. The maximum atomic E-state index is 13.6. The Morgan fingerprint density at radius 3 is 2.77 bits per heavy atom. The molecule has 1 aromatic heterocycles. The van der Waals surface area contributed by atoms with E-state index in [9.17, 15) is 9.59 Å². The van der Waals surface area contributed by atoms with Gasteiger partial charge in [0.1, 0.15) is 5.82 Å². The molecule has 2 aliphatic rings. The highest BCUT2D eigenvalue weighted by atomic mass is 35.5. The van der Waals surface area contributed by atoms with Crippen molar-refractivity contribution >= 4 is 46.7 Å². The zero-order valence-corrected chi connectivity index (χ0v) is 26.1. The Morgan fingerprint density at radius 2 is 2.00 bits per heavy atom. The van der Waals surface area contributed by atoms with E-state index in [-0.39, 0.29) is 36.0 Å². The highest BCUT2D eigenvalue weighted by Crippen LogP contribution is 2.35. The Balaban J connectivity index is 1.31. The molecule has 1 fully saturated rings. The van der Waals surface area contributed by atoms with Crippen LogP contribution in [-0.2, 0) is 21.4 Å². The molecule has 0 aliphatic carbocycles. The molecule has 0 saturated carbocycles. The van der Waals surface area contributed by atoms with Gasteiger partial charge in [-0.3, -0.25) is 19.9 Å². The topological polar surface area (TPSA) is 121 Å². The molecule has 12 heteroatoms. The van der Waals surface area contributed by atoms with E-state index in [1.807, 2.05) is 24.3 Å². The summed E-state index contributed by atoms with van der Waals surface area (Å²) in [5.41, 5.74) is 3.27. The lowest BCUT2D eigenvalue weighted by Gasteiger charge is -2.34. The second-order valence-corrected chi connectivity index (χ2v) is 12.2. The monoisotopic (exact) mass is 619 g/mol. The maximum absolute atomic E-state index is 13.6. The summed E-state index contributed by atoms with van der Waals surface area (Å²) in [7, 11) is 1.65. The second kappa shape index (κ2) is 13.3. The van der Waals surface area contributed by atoms with Crippen LogP contribution < -0.4 is 25.8 Å². The second-order valence-electron chi connectivity index (χ2n) is 11.8. The number of nitrogens with one attached hydrogen (secondary N) is 3. The summed E-state index contributed by atoms with van der Waals surface area (Å²) in [5.74, 6) is 0.575. The number of hydrogen-bond donors (Lipinski definition) is 3. The van der Waals surface area contributed by atoms with Crippen LogP contribution in [0.4, 0.5) is 27.9 Å². The largest absolute Gasteiger partial charge is 0.378 e. The summed E-state index contributed by atoms with van der Waals surface area (Å²) >= 11 is 6.58. The summed E-state index contributed by atoms with van der Waals surface area (Å²) < 4.78 is 11.1. The van der Waals surface area contributed by atoms with Crippen molar-refractivity contribution in [1.29, 1.82) is 0 Å². The number of rotatable bonds is 10. The first-order chi connectivity index (χ1) is 21.0. The molecule has 3 aromatic rings. The van der Waals surface area contributed by atoms with Crippen molar-refractivity contribution in [3.05, 3.63) is 83.0 Å². The van der Waals surface area contributed by atoms with Crippen LogP contribution in [0.3, 0.4) is 0 Å².